The fourth-order valence-corrected chi connectivity index (χ4v) is 2.16. The van der Waals surface area contributed by atoms with Gasteiger partial charge in [-0.2, -0.15) is 0 Å². The average molecular weight is 343 g/mol. The monoisotopic (exact) mass is 342 g/mol. The molecular formula is C17H12ClFN4O. The molecule has 0 aliphatic rings. The van der Waals surface area contributed by atoms with Gasteiger partial charge in [0.05, 0.1) is 18.1 Å². The summed E-state index contributed by atoms with van der Waals surface area (Å²) >= 11 is 5.87. The lowest BCUT2D eigenvalue weighted by Gasteiger charge is -2.07. The molecule has 0 fully saturated rings. The van der Waals surface area contributed by atoms with Gasteiger partial charge in [0, 0.05) is 10.7 Å². The Balaban J connectivity index is 1.70. The van der Waals surface area contributed by atoms with Crippen molar-refractivity contribution in [1.82, 2.24) is 9.97 Å². The minimum atomic E-state index is -0.415. The highest BCUT2D eigenvalue weighted by molar-refractivity contribution is 6.30. The second-order valence-electron chi connectivity index (χ2n) is 4.86. The molecule has 3 aromatic rings. The molecule has 0 radical (unpaired) electrons. The first-order valence-corrected chi connectivity index (χ1v) is 7.40. The molecule has 0 aliphatic heterocycles. The molecule has 1 heterocycles. The van der Waals surface area contributed by atoms with E-state index >= 15 is 0 Å². The SMILES string of the molecule is O=C(Nc1cccc(Cl)c1)c1cnc(Nc2ccccc2F)cn1. The fraction of sp³-hybridized carbons (Fsp3) is 0. The van der Waals surface area contributed by atoms with Crippen molar-refractivity contribution in [3.8, 4) is 0 Å². The molecule has 5 nitrogen and oxygen atoms in total. The van der Waals surface area contributed by atoms with Crippen LogP contribution in [-0.4, -0.2) is 15.9 Å². The number of halogens is 2. The van der Waals surface area contributed by atoms with E-state index < -0.39 is 11.7 Å². The molecule has 0 aliphatic carbocycles. The number of hydrogen-bond donors (Lipinski definition) is 2. The van der Waals surface area contributed by atoms with Crippen LogP contribution in [0.2, 0.25) is 5.02 Å². The largest absolute Gasteiger partial charge is 0.337 e. The molecule has 0 bridgehead atoms. The van der Waals surface area contributed by atoms with Gasteiger partial charge in [0.15, 0.2) is 0 Å². The minimum absolute atomic E-state index is 0.133. The Kier molecular flexibility index (Phi) is 4.67. The summed E-state index contributed by atoms with van der Waals surface area (Å²) < 4.78 is 13.6. The maximum Gasteiger partial charge on any atom is 0.275 e. The van der Waals surface area contributed by atoms with Crippen LogP contribution in [0.3, 0.4) is 0 Å². The number of carbonyl (C=O) groups excluding carboxylic acids is 1. The molecule has 1 aromatic heterocycles. The van der Waals surface area contributed by atoms with Gasteiger partial charge in [0.25, 0.3) is 5.91 Å². The van der Waals surface area contributed by atoms with E-state index in [2.05, 4.69) is 20.6 Å². The van der Waals surface area contributed by atoms with E-state index in [0.717, 1.165) is 0 Å². The van der Waals surface area contributed by atoms with Gasteiger partial charge in [-0.25, -0.2) is 14.4 Å². The zero-order valence-electron chi connectivity index (χ0n) is 12.3. The van der Waals surface area contributed by atoms with E-state index in [-0.39, 0.29) is 11.4 Å². The highest BCUT2D eigenvalue weighted by atomic mass is 35.5. The number of nitrogens with one attached hydrogen (secondary N) is 2. The van der Waals surface area contributed by atoms with Crippen LogP contribution in [0.5, 0.6) is 0 Å². The Bertz CT molecular complexity index is 870. The summed E-state index contributed by atoms with van der Waals surface area (Å²) in [6.45, 7) is 0. The molecule has 0 saturated carbocycles. The van der Waals surface area contributed by atoms with Crippen molar-refractivity contribution >= 4 is 34.7 Å². The van der Waals surface area contributed by atoms with Crippen molar-refractivity contribution in [3.63, 3.8) is 0 Å². The van der Waals surface area contributed by atoms with Crippen LogP contribution < -0.4 is 10.6 Å². The second kappa shape index (κ2) is 7.06. The minimum Gasteiger partial charge on any atom is -0.337 e. The average Bonchev–Trinajstić information content (AvgIpc) is 2.57. The van der Waals surface area contributed by atoms with E-state index in [1.807, 2.05) is 0 Å². The summed E-state index contributed by atoms with van der Waals surface area (Å²) in [4.78, 5) is 20.2. The van der Waals surface area contributed by atoms with Crippen molar-refractivity contribution in [3.05, 3.63) is 77.5 Å². The Morgan fingerprint density at radius 3 is 2.58 bits per heavy atom. The molecule has 0 atom stereocenters. The van der Waals surface area contributed by atoms with Crippen LogP contribution in [0, 0.1) is 5.82 Å². The molecule has 2 aromatic carbocycles. The van der Waals surface area contributed by atoms with Crippen molar-refractivity contribution in [2.24, 2.45) is 0 Å². The molecule has 0 spiro atoms. The number of carbonyl (C=O) groups is 1. The van der Waals surface area contributed by atoms with Gasteiger partial charge in [-0.3, -0.25) is 4.79 Å². The Hall–Kier alpha value is -2.99. The fourth-order valence-electron chi connectivity index (χ4n) is 1.97. The van der Waals surface area contributed by atoms with Crippen molar-refractivity contribution in [2.45, 2.75) is 0 Å². The topological polar surface area (TPSA) is 66.9 Å². The third kappa shape index (κ3) is 3.85. The Morgan fingerprint density at radius 1 is 1.04 bits per heavy atom. The third-order valence-corrected chi connectivity index (χ3v) is 3.34. The lowest BCUT2D eigenvalue weighted by atomic mass is 10.3. The molecule has 1 amide bonds. The summed E-state index contributed by atoms with van der Waals surface area (Å²) in [5.74, 6) is -0.483. The highest BCUT2D eigenvalue weighted by Gasteiger charge is 2.09. The van der Waals surface area contributed by atoms with E-state index in [4.69, 9.17) is 11.6 Å². The number of nitrogens with zero attached hydrogens (tertiary/aromatic N) is 2. The Morgan fingerprint density at radius 2 is 1.88 bits per heavy atom. The van der Waals surface area contributed by atoms with Crippen molar-refractivity contribution in [1.29, 1.82) is 0 Å². The summed E-state index contributed by atoms with van der Waals surface area (Å²) in [7, 11) is 0. The van der Waals surface area contributed by atoms with E-state index in [9.17, 15) is 9.18 Å². The van der Waals surface area contributed by atoms with Crippen LogP contribution in [0.4, 0.5) is 21.6 Å². The predicted octanol–water partition coefficient (Wildman–Crippen LogP) is 4.27. The predicted molar refractivity (Wildman–Crippen MR) is 91.1 cm³/mol. The van der Waals surface area contributed by atoms with Crippen LogP contribution in [0.1, 0.15) is 10.5 Å². The molecule has 24 heavy (non-hydrogen) atoms. The summed E-state index contributed by atoms with van der Waals surface area (Å²) in [5.41, 5.74) is 0.972. The van der Waals surface area contributed by atoms with Gasteiger partial charge in [0.2, 0.25) is 0 Å². The number of aromatic nitrogens is 2. The van der Waals surface area contributed by atoms with Crippen molar-refractivity contribution < 1.29 is 9.18 Å². The first-order valence-electron chi connectivity index (χ1n) is 7.02. The maximum atomic E-state index is 13.6. The standard InChI is InChI=1S/C17H12ClFN4O/c18-11-4-3-5-12(8-11)22-17(24)15-9-21-16(10-20-15)23-14-7-2-1-6-13(14)19/h1-10H,(H,21,23)(H,22,24). The number of amides is 1. The van der Waals surface area contributed by atoms with Crippen molar-refractivity contribution in [2.75, 3.05) is 10.6 Å². The molecule has 2 N–H and O–H groups in total. The zero-order chi connectivity index (χ0) is 16.9. The molecular weight excluding hydrogens is 331 g/mol. The highest BCUT2D eigenvalue weighted by Crippen LogP contribution is 2.18. The van der Waals surface area contributed by atoms with Crippen LogP contribution in [0.15, 0.2) is 60.9 Å². The van der Waals surface area contributed by atoms with Gasteiger partial charge in [-0.1, -0.05) is 29.8 Å². The van der Waals surface area contributed by atoms with E-state index in [0.29, 0.717) is 16.5 Å². The lowest BCUT2D eigenvalue weighted by molar-refractivity contribution is 0.102. The lowest BCUT2D eigenvalue weighted by Crippen LogP contribution is -2.14. The first kappa shape index (κ1) is 15.9. The van der Waals surface area contributed by atoms with Crippen LogP contribution in [0.25, 0.3) is 0 Å². The van der Waals surface area contributed by atoms with E-state index in [1.54, 1.807) is 42.5 Å². The number of hydrogen-bond acceptors (Lipinski definition) is 4. The third-order valence-electron chi connectivity index (χ3n) is 3.10. The van der Waals surface area contributed by atoms with E-state index in [1.165, 1.54) is 18.5 Å². The van der Waals surface area contributed by atoms with Crippen LogP contribution >= 0.6 is 11.6 Å². The van der Waals surface area contributed by atoms with Gasteiger partial charge in [-0.15, -0.1) is 0 Å². The molecule has 7 heteroatoms. The number of anilines is 3. The summed E-state index contributed by atoms with van der Waals surface area (Å²) in [6.07, 6.45) is 2.67. The zero-order valence-corrected chi connectivity index (χ0v) is 13.1. The number of rotatable bonds is 4. The van der Waals surface area contributed by atoms with Gasteiger partial charge < -0.3 is 10.6 Å². The second-order valence-corrected chi connectivity index (χ2v) is 5.29. The van der Waals surface area contributed by atoms with Gasteiger partial charge in [0.1, 0.15) is 17.3 Å². The number of para-hydroxylation sites is 1. The smallest absolute Gasteiger partial charge is 0.275 e. The molecule has 0 saturated heterocycles. The molecule has 3 rings (SSSR count). The summed E-state index contributed by atoms with van der Waals surface area (Å²) in [6, 6.07) is 13.0. The quantitative estimate of drug-likeness (QED) is 0.743. The van der Waals surface area contributed by atoms with Gasteiger partial charge >= 0.3 is 0 Å². The molecule has 0 unspecified atom stereocenters. The summed E-state index contributed by atoms with van der Waals surface area (Å²) in [5, 5.41) is 5.99. The maximum absolute atomic E-state index is 13.6. The van der Waals surface area contributed by atoms with Gasteiger partial charge in [-0.05, 0) is 30.3 Å². The first-order chi connectivity index (χ1) is 11.6. The number of benzene rings is 2. The Labute approximate surface area is 142 Å². The molecule has 120 valence electrons. The normalized spacial score (nSPS) is 10.2. The van der Waals surface area contributed by atoms with Crippen LogP contribution in [-0.2, 0) is 0 Å².